The van der Waals surface area contributed by atoms with Gasteiger partial charge < -0.3 is 14.2 Å². The highest BCUT2D eigenvalue weighted by atomic mass is 19.3. The van der Waals surface area contributed by atoms with Crippen molar-refractivity contribution in [2.45, 2.75) is 70.2 Å². The normalized spacial score (nSPS) is 25.7. The number of nitrogens with zero attached hydrogens (tertiary/aromatic N) is 1. The van der Waals surface area contributed by atoms with Crippen molar-refractivity contribution in [3.8, 4) is 0 Å². The van der Waals surface area contributed by atoms with Crippen LogP contribution < -0.4 is 0 Å². The molecule has 40 heavy (non-hydrogen) atoms. The number of alkyl halides is 2. The topological polar surface area (TPSA) is 30.9 Å². The average Bonchev–Trinajstić information content (AvgIpc) is 3.00. The number of rotatable bonds is 12. The number of hydrogen-bond donors (Lipinski definition) is 0. The Morgan fingerprint density at radius 2 is 1.02 bits per heavy atom. The van der Waals surface area contributed by atoms with Gasteiger partial charge in [0, 0.05) is 25.6 Å². The van der Waals surface area contributed by atoms with Crippen LogP contribution in [0.15, 0.2) is 91.0 Å². The lowest BCUT2D eigenvalue weighted by atomic mass is 9.81. The lowest BCUT2D eigenvalue weighted by Crippen LogP contribution is -2.58. The molecule has 6 heteroatoms. The third-order valence-electron chi connectivity index (χ3n) is 8.27. The molecule has 2 fully saturated rings. The zero-order valence-corrected chi connectivity index (χ0v) is 23.1. The molecule has 0 radical (unpaired) electrons. The monoisotopic (exact) mass is 549 g/mol. The maximum absolute atomic E-state index is 13.2. The second-order valence-corrected chi connectivity index (χ2v) is 11.3. The van der Waals surface area contributed by atoms with E-state index in [4.69, 9.17) is 14.2 Å². The number of ether oxygens (including phenoxy) is 3. The molecule has 1 saturated carbocycles. The van der Waals surface area contributed by atoms with Crippen molar-refractivity contribution in [1.82, 2.24) is 4.90 Å². The van der Waals surface area contributed by atoms with Gasteiger partial charge in [0.05, 0.1) is 32.0 Å². The van der Waals surface area contributed by atoms with Crippen molar-refractivity contribution in [2.75, 3.05) is 19.6 Å². The van der Waals surface area contributed by atoms with E-state index >= 15 is 0 Å². The molecule has 1 heterocycles. The van der Waals surface area contributed by atoms with Gasteiger partial charge in [-0.3, -0.25) is 4.90 Å². The van der Waals surface area contributed by atoms with E-state index in [9.17, 15) is 8.78 Å². The Hall–Kier alpha value is -2.64. The smallest absolute Gasteiger partial charge is 0.241 e. The molecular formula is C34H41F2NO3. The lowest BCUT2D eigenvalue weighted by Gasteiger charge is -2.44. The van der Waals surface area contributed by atoms with Crippen LogP contribution in [0.25, 0.3) is 0 Å². The molecule has 3 aromatic carbocycles. The van der Waals surface area contributed by atoms with E-state index in [1.807, 2.05) is 54.6 Å². The summed E-state index contributed by atoms with van der Waals surface area (Å²) in [6, 6.07) is 30.6. The minimum Gasteiger partial charge on any atom is -0.369 e. The van der Waals surface area contributed by atoms with E-state index in [0.29, 0.717) is 38.6 Å². The van der Waals surface area contributed by atoms with Crippen LogP contribution in [0, 0.1) is 11.8 Å². The first-order valence-electron chi connectivity index (χ1n) is 14.6. The van der Waals surface area contributed by atoms with Crippen LogP contribution in [0.2, 0.25) is 0 Å². The Labute approximate surface area is 237 Å². The largest absolute Gasteiger partial charge is 0.369 e. The molecule has 2 aliphatic rings. The van der Waals surface area contributed by atoms with E-state index in [1.54, 1.807) is 0 Å². The van der Waals surface area contributed by atoms with Crippen LogP contribution in [0.4, 0.5) is 8.78 Å². The summed E-state index contributed by atoms with van der Waals surface area (Å²) >= 11 is 0. The predicted molar refractivity (Wildman–Crippen MR) is 153 cm³/mol. The summed E-state index contributed by atoms with van der Waals surface area (Å²) in [4.78, 5) is 2.42. The Morgan fingerprint density at radius 3 is 1.45 bits per heavy atom. The predicted octanol–water partition coefficient (Wildman–Crippen LogP) is 7.13. The van der Waals surface area contributed by atoms with E-state index in [-0.39, 0.29) is 18.3 Å². The molecule has 4 nitrogen and oxygen atoms in total. The maximum atomic E-state index is 13.2. The van der Waals surface area contributed by atoms with Crippen LogP contribution in [-0.2, 0) is 34.0 Å². The summed E-state index contributed by atoms with van der Waals surface area (Å²) in [5, 5.41) is 0. The Balaban J connectivity index is 1.31. The molecule has 0 aromatic heterocycles. The third-order valence-corrected chi connectivity index (χ3v) is 8.27. The van der Waals surface area contributed by atoms with Gasteiger partial charge >= 0.3 is 0 Å². The molecule has 1 aliphatic carbocycles. The fraction of sp³-hybridized carbons (Fsp3) is 0.471. The average molecular weight is 550 g/mol. The standard InChI is InChI=1S/C34H41F2NO3/c35-34(36)30-18-16-26(17-19-30)20-37-21-31(38-23-27-10-4-1-5-11-27)33(40-25-29-14-8-3-9-15-29)32(22-37)39-24-28-12-6-2-7-13-28/h1-15,26,30-34H,16-25H2. The van der Waals surface area contributed by atoms with Crippen molar-refractivity contribution in [1.29, 1.82) is 0 Å². The summed E-state index contributed by atoms with van der Waals surface area (Å²) < 4.78 is 46.2. The third kappa shape index (κ3) is 8.43. The first kappa shape index (κ1) is 28.9. The van der Waals surface area contributed by atoms with Crippen LogP contribution in [0.5, 0.6) is 0 Å². The zero-order valence-electron chi connectivity index (χ0n) is 23.1. The van der Waals surface area contributed by atoms with Gasteiger partial charge in [-0.25, -0.2) is 8.78 Å². The molecule has 0 spiro atoms. The number of likely N-dealkylation sites (tertiary alicyclic amines) is 1. The highest BCUT2D eigenvalue weighted by Gasteiger charge is 2.40. The van der Waals surface area contributed by atoms with Gasteiger partial charge in [0.15, 0.2) is 0 Å². The molecule has 0 N–H and O–H groups in total. The highest BCUT2D eigenvalue weighted by Crippen LogP contribution is 2.34. The van der Waals surface area contributed by atoms with Gasteiger partial charge in [-0.15, -0.1) is 0 Å². The minimum atomic E-state index is -2.20. The van der Waals surface area contributed by atoms with Crippen molar-refractivity contribution >= 4 is 0 Å². The van der Waals surface area contributed by atoms with Crippen molar-refractivity contribution in [2.24, 2.45) is 11.8 Å². The summed E-state index contributed by atoms with van der Waals surface area (Å²) in [7, 11) is 0. The van der Waals surface area contributed by atoms with Gasteiger partial charge in [-0.1, -0.05) is 91.0 Å². The molecule has 0 amide bonds. The molecule has 1 aliphatic heterocycles. The Bertz CT molecular complexity index is 1060. The molecule has 2 atom stereocenters. The summed E-state index contributed by atoms with van der Waals surface area (Å²) in [5.74, 6) is -0.0291. The number of hydrogen-bond acceptors (Lipinski definition) is 4. The Morgan fingerprint density at radius 1 is 0.600 bits per heavy atom. The van der Waals surface area contributed by atoms with E-state index in [1.165, 1.54) is 0 Å². The molecule has 2 unspecified atom stereocenters. The number of piperidine rings is 1. The highest BCUT2D eigenvalue weighted by molar-refractivity contribution is 5.15. The first-order valence-corrected chi connectivity index (χ1v) is 14.6. The fourth-order valence-electron chi connectivity index (χ4n) is 6.00. The van der Waals surface area contributed by atoms with Crippen molar-refractivity contribution in [3.63, 3.8) is 0 Å². The minimum absolute atomic E-state index is 0.184. The SMILES string of the molecule is FC(F)C1CCC(CN2CC(OCc3ccccc3)C(OCc3ccccc3)C(OCc3ccccc3)C2)CC1. The van der Waals surface area contributed by atoms with Gasteiger partial charge in [0.1, 0.15) is 6.10 Å². The van der Waals surface area contributed by atoms with E-state index in [2.05, 4.69) is 41.3 Å². The molecule has 0 bridgehead atoms. The van der Waals surface area contributed by atoms with Crippen LogP contribution in [0.3, 0.4) is 0 Å². The second-order valence-electron chi connectivity index (χ2n) is 11.3. The lowest BCUT2D eigenvalue weighted by molar-refractivity contribution is -0.186. The molecule has 3 aromatic rings. The molecule has 5 rings (SSSR count). The van der Waals surface area contributed by atoms with Gasteiger partial charge in [-0.05, 0) is 48.3 Å². The van der Waals surface area contributed by atoms with Crippen molar-refractivity contribution in [3.05, 3.63) is 108 Å². The molecule has 1 saturated heterocycles. The maximum Gasteiger partial charge on any atom is 0.241 e. The van der Waals surface area contributed by atoms with Gasteiger partial charge in [0.2, 0.25) is 6.43 Å². The van der Waals surface area contributed by atoms with E-state index < -0.39 is 12.3 Å². The fourth-order valence-corrected chi connectivity index (χ4v) is 6.00. The second kappa shape index (κ2) is 14.8. The zero-order chi connectivity index (χ0) is 27.6. The molecular weight excluding hydrogens is 508 g/mol. The van der Waals surface area contributed by atoms with Crippen LogP contribution >= 0.6 is 0 Å². The van der Waals surface area contributed by atoms with Crippen LogP contribution in [-0.4, -0.2) is 49.3 Å². The van der Waals surface area contributed by atoms with Crippen LogP contribution in [0.1, 0.15) is 42.4 Å². The van der Waals surface area contributed by atoms with Crippen molar-refractivity contribution < 1.29 is 23.0 Å². The van der Waals surface area contributed by atoms with Gasteiger partial charge in [-0.2, -0.15) is 0 Å². The quantitative estimate of drug-likeness (QED) is 0.241. The summed E-state index contributed by atoms with van der Waals surface area (Å²) in [6.07, 6.45) is 0.117. The summed E-state index contributed by atoms with van der Waals surface area (Å²) in [6.45, 7) is 3.81. The first-order chi connectivity index (χ1) is 19.6. The summed E-state index contributed by atoms with van der Waals surface area (Å²) in [5.41, 5.74) is 3.35. The van der Waals surface area contributed by atoms with E-state index in [0.717, 1.165) is 49.2 Å². The van der Waals surface area contributed by atoms with Gasteiger partial charge in [0.25, 0.3) is 0 Å². The molecule has 214 valence electrons. The number of benzene rings is 3. The Kier molecular flexibility index (Phi) is 10.7. The number of halogens is 2.